The van der Waals surface area contributed by atoms with E-state index in [-0.39, 0.29) is 0 Å². The van der Waals surface area contributed by atoms with Crippen LogP contribution in [0, 0.1) is 0 Å². The Balaban J connectivity index is 1.59. The van der Waals surface area contributed by atoms with Crippen molar-refractivity contribution >= 4 is 11.8 Å². The van der Waals surface area contributed by atoms with Crippen molar-refractivity contribution in [3.8, 4) is 5.75 Å². The second kappa shape index (κ2) is 7.01. The van der Waals surface area contributed by atoms with Crippen LogP contribution in [0.5, 0.6) is 5.75 Å². The van der Waals surface area contributed by atoms with E-state index in [0.717, 1.165) is 5.75 Å². The van der Waals surface area contributed by atoms with E-state index < -0.39 is 0 Å². The monoisotopic (exact) mass is 299 g/mol. The summed E-state index contributed by atoms with van der Waals surface area (Å²) in [6.45, 7) is 2.87. The zero-order valence-corrected chi connectivity index (χ0v) is 13.1. The zero-order valence-electron chi connectivity index (χ0n) is 12.3. The highest BCUT2D eigenvalue weighted by Gasteiger charge is 2.19. The minimum absolute atomic E-state index is 0.414. The number of hydrogen-bond acceptors (Lipinski definition) is 3. The van der Waals surface area contributed by atoms with E-state index in [0.29, 0.717) is 18.0 Å². The molecule has 2 unspecified atom stereocenters. The van der Waals surface area contributed by atoms with Crippen LogP contribution in [0.3, 0.4) is 0 Å². The second-order valence-electron chi connectivity index (χ2n) is 5.45. The summed E-state index contributed by atoms with van der Waals surface area (Å²) < 4.78 is 5.83. The van der Waals surface area contributed by atoms with Crippen molar-refractivity contribution in [2.75, 3.05) is 5.75 Å². The van der Waals surface area contributed by atoms with Crippen molar-refractivity contribution in [2.45, 2.75) is 31.4 Å². The molecule has 3 heteroatoms. The van der Waals surface area contributed by atoms with Gasteiger partial charge in [-0.3, -0.25) is 5.32 Å². The lowest BCUT2D eigenvalue weighted by Gasteiger charge is -2.28. The SMILES string of the molecule is CC1CCSC(c2ccc(OCc3ccccc3)cc2)N1. The van der Waals surface area contributed by atoms with Crippen LogP contribution in [0.4, 0.5) is 0 Å². The third kappa shape index (κ3) is 4.02. The Morgan fingerprint density at radius 1 is 1.10 bits per heavy atom. The smallest absolute Gasteiger partial charge is 0.119 e. The van der Waals surface area contributed by atoms with Crippen LogP contribution in [-0.2, 0) is 6.61 Å². The molecule has 2 aromatic rings. The predicted octanol–water partition coefficient (Wildman–Crippen LogP) is 4.38. The Hall–Kier alpha value is -1.45. The minimum atomic E-state index is 0.414. The molecule has 0 amide bonds. The molecule has 0 radical (unpaired) electrons. The van der Waals surface area contributed by atoms with Gasteiger partial charge < -0.3 is 4.74 Å². The molecule has 1 aliphatic heterocycles. The number of ether oxygens (including phenoxy) is 1. The van der Waals surface area contributed by atoms with Crippen LogP contribution in [0.2, 0.25) is 0 Å². The van der Waals surface area contributed by atoms with Crippen LogP contribution in [0.15, 0.2) is 54.6 Å². The molecule has 3 rings (SSSR count). The molecule has 0 aliphatic carbocycles. The van der Waals surface area contributed by atoms with Crippen LogP contribution in [-0.4, -0.2) is 11.8 Å². The summed E-state index contributed by atoms with van der Waals surface area (Å²) in [5.41, 5.74) is 2.53. The molecule has 1 aliphatic rings. The summed E-state index contributed by atoms with van der Waals surface area (Å²) in [5, 5.41) is 4.05. The van der Waals surface area contributed by atoms with Crippen molar-refractivity contribution in [1.82, 2.24) is 5.32 Å². The van der Waals surface area contributed by atoms with Gasteiger partial charge in [0, 0.05) is 6.04 Å². The van der Waals surface area contributed by atoms with E-state index in [1.165, 1.54) is 23.3 Å². The number of thioether (sulfide) groups is 1. The second-order valence-corrected chi connectivity index (χ2v) is 6.66. The van der Waals surface area contributed by atoms with Gasteiger partial charge in [0.2, 0.25) is 0 Å². The van der Waals surface area contributed by atoms with Gasteiger partial charge in [-0.1, -0.05) is 42.5 Å². The Morgan fingerprint density at radius 3 is 2.57 bits per heavy atom. The molecule has 2 nitrogen and oxygen atoms in total. The quantitative estimate of drug-likeness (QED) is 0.905. The highest BCUT2D eigenvalue weighted by molar-refractivity contribution is 7.99. The molecular formula is C18H21NOS. The molecule has 0 bridgehead atoms. The molecule has 1 heterocycles. The maximum absolute atomic E-state index is 5.83. The molecule has 21 heavy (non-hydrogen) atoms. The molecule has 110 valence electrons. The molecule has 2 aromatic carbocycles. The molecule has 0 spiro atoms. The zero-order chi connectivity index (χ0) is 14.5. The Bertz CT molecular complexity index is 555. The number of rotatable bonds is 4. The first-order chi connectivity index (χ1) is 10.3. The van der Waals surface area contributed by atoms with Crippen molar-refractivity contribution in [1.29, 1.82) is 0 Å². The first-order valence-corrected chi connectivity index (χ1v) is 8.50. The number of hydrogen-bond donors (Lipinski definition) is 1. The average Bonchev–Trinajstić information content (AvgIpc) is 2.54. The van der Waals surface area contributed by atoms with Crippen molar-refractivity contribution in [2.24, 2.45) is 0 Å². The van der Waals surface area contributed by atoms with Crippen LogP contribution in [0.1, 0.15) is 29.8 Å². The van der Waals surface area contributed by atoms with Crippen molar-refractivity contribution in [3.63, 3.8) is 0 Å². The topological polar surface area (TPSA) is 21.3 Å². The van der Waals surface area contributed by atoms with Gasteiger partial charge >= 0.3 is 0 Å². The highest BCUT2D eigenvalue weighted by atomic mass is 32.2. The summed E-state index contributed by atoms with van der Waals surface area (Å²) in [5.74, 6) is 2.15. The molecule has 1 saturated heterocycles. The van der Waals surface area contributed by atoms with E-state index >= 15 is 0 Å². The number of benzene rings is 2. The molecular weight excluding hydrogens is 278 g/mol. The molecule has 1 N–H and O–H groups in total. The molecule has 2 atom stereocenters. The lowest BCUT2D eigenvalue weighted by molar-refractivity contribution is 0.306. The maximum Gasteiger partial charge on any atom is 0.119 e. The predicted molar refractivity (Wildman–Crippen MR) is 89.6 cm³/mol. The summed E-state index contributed by atoms with van der Waals surface area (Å²) in [6, 6.07) is 19.3. The molecule has 0 saturated carbocycles. The summed E-state index contributed by atoms with van der Waals surface area (Å²) in [6.07, 6.45) is 1.25. The largest absolute Gasteiger partial charge is 0.489 e. The van der Waals surface area contributed by atoms with Gasteiger partial charge in [-0.2, -0.15) is 0 Å². The van der Waals surface area contributed by atoms with Crippen molar-refractivity contribution < 1.29 is 4.74 Å². The Kier molecular flexibility index (Phi) is 4.84. The summed E-state index contributed by atoms with van der Waals surface area (Å²) in [4.78, 5) is 0. The number of nitrogens with one attached hydrogen (secondary N) is 1. The van der Waals surface area contributed by atoms with Gasteiger partial charge in [-0.15, -0.1) is 11.8 Å². The Labute approximate surface area is 130 Å². The first kappa shape index (κ1) is 14.5. The lowest BCUT2D eigenvalue weighted by atomic mass is 10.2. The summed E-state index contributed by atoms with van der Waals surface area (Å²) >= 11 is 1.98. The standard InChI is InChI=1S/C18H21NOS/c1-14-11-12-21-18(19-14)16-7-9-17(10-8-16)20-13-15-5-3-2-4-6-15/h2-10,14,18-19H,11-13H2,1H3. The van der Waals surface area contributed by atoms with E-state index in [4.69, 9.17) is 4.74 Å². The fourth-order valence-electron chi connectivity index (χ4n) is 2.42. The maximum atomic E-state index is 5.83. The minimum Gasteiger partial charge on any atom is -0.489 e. The van der Waals surface area contributed by atoms with Crippen LogP contribution < -0.4 is 10.1 Å². The van der Waals surface area contributed by atoms with Gasteiger partial charge in [-0.05, 0) is 42.4 Å². The normalized spacial score (nSPS) is 22.0. The first-order valence-electron chi connectivity index (χ1n) is 7.45. The van der Waals surface area contributed by atoms with Gasteiger partial charge in [-0.25, -0.2) is 0 Å². The van der Waals surface area contributed by atoms with Gasteiger partial charge in [0.25, 0.3) is 0 Å². The van der Waals surface area contributed by atoms with E-state index in [2.05, 4.69) is 48.6 Å². The summed E-state index contributed by atoms with van der Waals surface area (Å²) in [7, 11) is 0. The van der Waals surface area contributed by atoms with Crippen LogP contribution in [0.25, 0.3) is 0 Å². The van der Waals surface area contributed by atoms with Crippen molar-refractivity contribution in [3.05, 3.63) is 65.7 Å². The lowest BCUT2D eigenvalue weighted by Crippen LogP contribution is -2.33. The van der Waals surface area contributed by atoms with Gasteiger partial charge in [0.15, 0.2) is 0 Å². The fraction of sp³-hybridized carbons (Fsp3) is 0.333. The highest BCUT2D eigenvalue weighted by Crippen LogP contribution is 2.32. The van der Waals surface area contributed by atoms with Gasteiger partial charge in [0.05, 0.1) is 5.37 Å². The fourth-order valence-corrected chi connectivity index (χ4v) is 3.83. The molecule has 0 aromatic heterocycles. The van der Waals surface area contributed by atoms with Gasteiger partial charge in [0.1, 0.15) is 12.4 Å². The van der Waals surface area contributed by atoms with Crippen LogP contribution >= 0.6 is 11.8 Å². The van der Waals surface area contributed by atoms with E-state index in [1.807, 2.05) is 30.0 Å². The molecule has 1 fully saturated rings. The third-order valence-corrected chi connectivity index (χ3v) is 4.92. The third-order valence-electron chi connectivity index (χ3n) is 3.70. The van der Waals surface area contributed by atoms with E-state index in [1.54, 1.807) is 0 Å². The average molecular weight is 299 g/mol. The van der Waals surface area contributed by atoms with E-state index in [9.17, 15) is 0 Å². The Morgan fingerprint density at radius 2 is 1.86 bits per heavy atom.